The quantitative estimate of drug-likeness (QED) is 0.770. The van der Waals surface area contributed by atoms with Crippen molar-refractivity contribution in [2.45, 2.75) is 11.3 Å². The van der Waals surface area contributed by atoms with Gasteiger partial charge in [-0.25, -0.2) is 0 Å². The second-order valence-corrected chi connectivity index (χ2v) is 7.12. The van der Waals surface area contributed by atoms with Gasteiger partial charge in [0.05, 0.1) is 12.0 Å². The number of rotatable bonds is 5. The molecule has 0 atom stereocenters. The number of fused-ring (bicyclic) bond motifs is 1. The van der Waals surface area contributed by atoms with E-state index in [0.717, 1.165) is 18.5 Å². The highest BCUT2D eigenvalue weighted by Crippen LogP contribution is 2.63. The van der Waals surface area contributed by atoms with Crippen molar-refractivity contribution >= 4 is 22.6 Å². The van der Waals surface area contributed by atoms with Crippen molar-refractivity contribution in [2.75, 3.05) is 27.7 Å². The minimum Gasteiger partial charge on any atom is -0.496 e. The number of carbonyl (C=O) groups excluding carboxylic acids is 1. The van der Waals surface area contributed by atoms with Gasteiger partial charge >= 0.3 is 0 Å². The molecule has 21 heavy (non-hydrogen) atoms. The van der Waals surface area contributed by atoms with E-state index in [4.69, 9.17) is 10.5 Å². The summed E-state index contributed by atoms with van der Waals surface area (Å²) in [6, 6.07) is 3.43. The lowest BCUT2D eigenvalue weighted by molar-refractivity contribution is -0.113. The number of methoxy groups -OCH3 is 1. The number of ether oxygens (including phenoxy) is 1. The number of nitrogens with zero attached hydrogens (tertiary/aromatic N) is 1. The van der Waals surface area contributed by atoms with Crippen LogP contribution in [0.4, 0.5) is 0 Å². The van der Waals surface area contributed by atoms with E-state index < -0.39 is 16.5 Å². The number of hydrogen-bond donors (Lipinski definition) is 3. The van der Waals surface area contributed by atoms with E-state index in [1.54, 1.807) is 12.1 Å². The molecule has 0 saturated carbocycles. The molecule has 1 heterocycles. The molecular weight excluding hydrogens is 292 g/mol. The zero-order valence-electron chi connectivity index (χ0n) is 12.3. The molecule has 6 nitrogen and oxygen atoms in total. The standard InChI is InChI=1S/C14H20N2O4S/c1-16(2)7-6-9-4-5-11-10(13(9)20-3)8-12(14(15)17)21(11,18)19/h4-5,8,18-19H,6-7H2,1-3H3,(H2,15,17). The summed E-state index contributed by atoms with van der Waals surface area (Å²) in [4.78, 5) is 13.6. The third-order valence-electron chi connectivity index (χ3n) is 3.40. The Balaban J connectivity index is 2.51. The van der Waals surface area contributed by atoms with Crippen molar-refractivity contribution in [3.63, 3.8) is 0 Å². The summed E-state index contributed by atoms with van der Waals surface area (Å²) in [7, 11) is 2.14. The van der Waals surface area contributed by atoms with Crippen LogP contribution in [0.1, 0.15) is 11.1 Å². The van der Waals surface area contributed by atoms with Gasteiger partial charge in [0.25, 0.3) is 5.91 Å². The highest BCUT2D eigenvalue weighted by Gasteiger charge is 2.35. The number of nitrogens with two attached hydrogens (primary N) is 1. The molecule has 0 radical (unpaired) electrons. The summed E-state index contributed by atoms with van der Waals surface area (Å²) in [6.45, 7) is 0.831. The molecular formula is C14H20N2O4S. The van der Waals surface area contributed by atoms with E-state index in [2.05, 4.69) is 0 Å². The minimum atomic E-state index is -3.33. The fourth-order valence-corrected chi connectivity index (χ4v) is 3.85. The first kappa shape index (κ1) is 15.8. The van der Waals surface area contributed by atoms with E-state index in [0.29, 0.717) is 16.2 Å². The van der Waals surface area contributed by atoms with Gasteiger partial charge in [0, 0.05) is 12.1 Å². The molecule has 116 valence electrons. The van der Waals surface area contributed by atoms with Crippen LogP contribution in [0.2, 0.25) is 0 Å². The highest BCUT2D eigenvalue weighted by atomic mass is 32.3. The number of hydrogen-bond acceptors (Lipinski definition) is 5. The van der Waals surface area contributed by atoms with E-state index in [1.807, 2.05) is 19.0 Å². The first-order valence-corrected chi connectivity index (χ1v) is 7.98. The molecule has 1 aromatic carbocycles. The average molecular weight is 312 g/mol. The molecule has 7 heteroatoms. The predicted molar refractivity (Wildman–Crippen MR) is 83.5 cm³/mol. The molecule has 1 aliphatic rings. The summed E-state index contributed by atoms with van der Waals surface area (Å²) in [5.41, 5.74) is 6.70. The van der Waals surface area contributed by atoms with Gasteiger partial charge in [0.15, 0.2) is 0 Å². The summed E-state index contributed by atoms with van der Waals surface area (Å²) >= 11 is 0. The van der Waals surface area contributed by atoms with Crippen LogP contribution >= 0.6 is 10.6 Å². The van der Waals surface area contributed by atoms with Crippen molar-refractivity contribution in [3.8, 4) is 5.75 Å². The summed E-state index contributed by atoms with van der Waals surface area (Å²) < 4.78 is 25.8. The van der Waals surface area contributed by atoms with E-state index >= 15 is 0 Å². The molecule has 1 amide bonds. The zero-order valence-corrected chi connectivity index (χ0v) is 13.1. The Morgan fingerprint density at radius 3 is 2.57 bits per heavy atom. The van der Waals surface area contributed by atoms with Crippen molar-refractivity contribution in [1.29, 1.82) is 0 Å². The summed E-state index contributed by atoms with van der Waals surface area (Å²) in [5, 5.41) is 0. The zero-order chi connectivity index (χ0) is 15.8. The largest absolute Gasteiger partial charge is 0.496 e. The van der Waals surface area contributed by atoms with Gasteiger partial charge in [-0.05, 0) is 38.2 Å². The lowest BCUT2D eigenvalue weighted by Crippen LogP contribution is -2.17. The molecule has 0 saturated heterocycles. The van der Waals surface area contributed by atoms with Crippen LogP contribution in [0, 0.1) is 0 Å². The topological polar surface area (TPSA) is 96.0 Å². The Hall–Kier alpha value is -1.54. The van der Waals surface area contributed by atoms with Crippen molar-refractivity contribution in [1.82, 2.24) is 4.90 Å². The van der Waals surface area contributed by atoms with Crippen molar-refractivity contribution in [2.24, 2.45) is 5.73 Å². The third-order valence-corrected chi connectivity index (χ3v) is 5.30. The first-order valence-electron chi connectivity index (χ1n) is 6.43. The monoisotopic (exact) mass is 312 g/mol. The lowest BCUT2D eigenvalue weighted by Gasteiger charge is -2.30. The van der Waals surface area contributed by atoms with E-state index in [1.165, 1.54) is 13.2 Å². The fourth-order valence-electron chi connectivity index (χ4n) is 2.34. The predicted octanol–water partition coefficient (Wildman–Crippen LogP) is 1.75. The molecule has 0 fully saturated rings. The normalized spacial score (nSPS) is 17.3. The Morgan fingerprint density at radius 2 is 2.05 bits per heavy atom. The Kier molecular flexibility index (Phi) is 4.29. The van der Waals surface area contributed by atoms with Crippen molar-refractivity contribution < 1.29 is 18.6 Å². The van der Waals surface area contributed by atoms with Crippen LogP contribution in [0.15, 0.2) is 21.9 Å². The van der Waals surface area contributed by atoms with Crippen molar-refractivity contribution in [3.05, 3.63) is 28.2 Å². The Bertz CT molecular complexity index is 611. The first-order chi connectivity index (χ1) is 9.78. The van der Waals surface area contributed by atoms with Crippen LogP contribution < -0.4 is 10.5 Å². The molecule has 1 aromatic rings. The van der Waals surface area contributed by atoms with Gasteiger partial charge in [-0.3, -0.25) is 13.9 Å². The lowest BCUT2D eigenvalue weighted by atomic mass is 10.1. The second-order valence-electron chi connectivity index (χ2n) is 5.14. The molecule has 0 unspecified atom stereocenters. The SMILES string of the molecule is COc1c(CCN(C)C)ccc2c1C=C(C(N)=O)S2(O)O. The van der Waals surface area contributed by atoms with E-state index in [-0.39, 0.29) is 4.91 Å². The number of carbonyl (C=O) groups is 1. The van der Waals surface area contributed by atoms with Crippen LogP contribution in [0.5, 0.6) is 5.75 Å². The van der Waals surface area contributed by atoms with E-state index in [9.17, 15) is 13.9 Å². The molecule has 1 aliphatic heterocycles. The van der Waals surface area contributed by atoms with Crippen LogP contribution in [0.25, 0.3) is 6.08 Å². The van der Waals surface area contributed by atoms with Crippen LogP contribution in [0.3, 0.4) is 0 Å². The smallest absolute Gasteiger partial charge is 0.265 e. The van der Waals surface area contributed by atoms with Crippen LogP contribution in [-0.2, 0) is 11.2 Å². The molecule has 2 rings (SSSR count). The van der Waals surface area contributed by atoms with Gasteiger partial charge in [0.1, 0.15) is 10.7 Å². The van der Waals surface area contributed by atoms with Gasteiger partial charge in [-0.1, -0.05) is 6.07 Å². The van der Waals surface area contributed by atoms with Crippen LogP contribution in [-0.4, -0.2) is 47.7 Å². The average Bonchev–Trinajstić information content (AvgIpc) is 2.67. The molecule has 4 N–H and O–H groups in total. The number of amides is 1. The Labute approximate surface area is 125 Å². The number of benzene rings is 1. The maximum atomic E-state index is 11.4. The van der Waals surface area contributed by atoms with Gasteiger partial charge in [-0.2, -0.15) is 0 Å². The number of primary amides is 1. The maximum Gasteiger partial charge on any atom is 0.265 e. The molecule has 0 spiro atoms. The molecule has 0 aromatic heterocycles. The number of likely N-dealkylation sites (N-methyl/N-ethyl adjacent to an activating group) is 1. The Morgan fingerprint density at radius 1 is 1.38 bits per heavy atom. The second kappa shape index (κ2) is 5.69. The highest BCUT2D eigenvalue weighted by molar-refractivity contribution is 8.28. The van der Waals surface area contributed by atoms with Gasteiger partial charge < -0.3 is 15.4 Å². The van der Waals surface area contributed by atoms with Gasteiger partial charge in [0.2, 0.25) is 0 Å². The fraction of sp³-hybridized carbons (Fsp3) is 0.357. The summed E-state index contributed by atoms with van der Waals surface area (Å²) in [6.07, 6.45) is 2.17. The van der Waals surface area contributed by atoms with Gasteiger partial charge in [-0.15, -0.1) is 10.6 Å². The summed E-state index contributed by atoms with van der Waals surface area (Å²) in [5.74, 6) is -0.270. The molecule has 0 bridgehead atoms. The third kappa shape index (κ3) is 2.77. The minimum absolute atomic E-state index is 0.166. The molecule has 0 aliphatic carbocycles. The maximum absolute atomic E-state index is 11.4.